The number of halogens is 1. The molecule has 0 aromatic rings. The molecule has 0 atom stereocenters. The fourth-order valence-corrected chi connectivity index (χ4v) is 1.12. The molecule has 1 aliphatic rings. The molecule has 77 valence electrons. The minimum Gasteiger partial charge on any atom is -0.380 e. The van der Waals surface area contributed by atoms with Crippen molar-refractivity contribution in [2.45, 2.75) is 0 Å². The van der Waals surface area contributed by atoms with Crippen LogP contribution < -0.4 is 14.0 Å². The second kappa shape index (κ2) is 8.55. The summed E-state index contributed by atoms with van der Waals surface area (Å²) in [7, 11) is -4.69. The average Bonchev–Trinajstić information content (AvgIpc) is 1.88. The molecule has 12 heavy (non-hydrogen) atoms. The van der Waals surface area contributed by atoms with Crippen molar-refractivity contribution in [3.8, 4) is 0 Å². The van der Waals surface area contributed by atoms with Gasteiger partial charge in [-0.1, -0.05) is 0 Å². The fourth-order valence-electron chi connectivity index (χ4n) is 0.440. The van der Waals surface area contributed by atoms with Gasteiger partial charge in [0.1, 0.15) is 0 Å². The van der Waals surface area contributed by atoms with E-state index in [0.29, 0.717) is 0 Å². The summed E-state index contributed by atoms with van der Waals surface area (Å²) < 4.78 is 37.8. The molecule has 0 amide bonds. The van der Waals surface area contributed by atoms with E-state index in [9.17, 15) is 0 Å². The van der Waals surface area contributed by atoms with E-state index in [0.717, 1.165) is 13.2 Å². The molecule has 1 saturated heterocycles. The maximum Gasteiger partial charge on any atom is 2.00 e. The van der Waals surface area contributed by atoms with E-state index in [4.69, 9.17) is 23.4 Å². The monoisotopic (exact) mass is 267 g/mol. The molecule has 0 aromatic heterocycles. The van der Waals surface area contributed by atoms with E-state index in [1.807, 2.05) is 11.8 Å². The largest absolute Gasteiger partial charge is 2.00 e. The maximum atomic E-state index is 8.60. The van der Waals surface area contributed by atoms with Gasteiger partial charge in [-0.3, -0.25) is 0 Å². The van der Waals surface area contributed by atoms with Gasteiger partial charge in [0.2, 0.25) is 0 Å². The van der Waals surface area contributed by atoms with Gasteiger partial charge in [0.15, 0.2) is 0 Å². The van der Waals surface area contributed by atoms with Gasteiger partial charge >= 0.3 is 17.1 Å². The minimum atomic E-state index is -4.69. The molecule has 1 aliphatic heterocycles. The first-order valence-corrected chi connectivity index (χ1v) is 5.21. The first-order chi connectivity index (χ1) is 5.00. The van der Waals surface area contributed by atoms with Gasteiger partial charge in [0.25, 0.3) is 0 Å². The third kappa shape index (κ3) is 22.4. The quantitative estimate of drug-likeness (QED) is 0.460. The van der Waals surface area contributed by atoms with Gasteiger partial charge < -0.3 is 4.74 Å². The number of rotatable bonds is 0. The fraction of sp³-hybridized carbons (Fsp3) is 1.00. The van der Waals surface area contributed by atoms with Crippen molar-refractivity contribution >= 4 is 11.8 Å². The van der Waals surface area contributed by atoms with Crippen LogP contribution in [0.2, 0.25) is 0 Å². The molecule has 1 fully saturated rings. The van der Waals surface area contributed by atoms with E-state index < -0.39 is 10.2 Å². The number of ether oxygens (including phenoxy) is 1. The standard InChI is InChI=1S/C4H8OS.ClHO4.Cu/c1-3-6-4-2-5-1;2-1(3,4)5;/h1-4H2;(H,2,3,4,5);/q;;+2. The van der Waals surface area contributed by atoms with Crippen LogP contribution in [0.3, 0.4) is 0 Å². The minimum absolute atomic E-state index is 0. The molecule has 1 rings (SSSR count). The second-order valence-corrected chi connectivity index (χ2v) is 3.64. The molecular formula is C4H9ClCuO5S+2. The molecule has 1 heterocycles. The van der Waals surface area contributed by atoms with Crippen LogP contribution in [-0.2, 0) is 21.8 Å². The predicted octanol–water partition coefficient (Wildman–Crippen LogP) is -3.38. The SMILES string of the molecule is C1CSCCO1.[Cu+2].[O-][Cl+3]([O-])([O-])O. The van der Waals surface area contributed by atoms with E-state index in [1.165, 1.54) is 11.5 Å². The van der Waals surface area contributed by atoms with Crippen molar-refractivity contribution in [3.05, 3.63) is 0 Å². The summed E-state index contributed by atoms with van der Waals surface area (Å²) >= 11 is 1.97. The van der Waals surface area contributed by atoms with Crippen molar-refractivity contribution in [1.82, 2.24) is 0 Å². The van der Waals surface area contributed by atoms with Gasteiger partial charge in [0, 0.05) is 11.5 Å². The van der Waals surface area contributed by atoms with Crippen LogP contribution in [0.25, 0.3) is 0 Å². The van der Waals surface area contributed by atoms with Crippen molar-refractivity contribution in [2.75, 3.05) is 24.7 Å². The Morgan fingerprint density at radius 1 is 1.17 bits per heavy atom. The molecule has 1 N–H and O–H groups in total. The van der Waals surface area contributed by atoms with Crippen molar-refractivity contribution in [2.24, 2.45) is 0 Å². The average molecular weight is 268 g/mol. The molecule has 1 radical (unpaired) electrons. The second-order valence-electron chi connectivity index (χ2n) is 1.62. The van der Waals surface area contributed by atoms with E-state index in [-0.39, 0.29) is 17.1 Å². The van der Waals surface area contributed by atoms with Crippen molar-refractivity contribution in [1.29, 1.82) is 0 Å². The third-order valence-corrected chi connectivity index (χ3v) is 1.65. The molecule has 0 spiro atoms. The zero-order chi connectivity index (χ0) is 8.74. The zero-order valence-electron chi connectivity index (χ0n) is 6.00. The van der Waals surface area contributed by atoms with E-state index in [1.54, 1.807) is 0 Å². The van der Waals surface area contributed by atoms with E-state index in [2.05, 4.69) is 0 Å². The Morgan fingerprint density at radius 3 is 1.58 bits per heavy atom. The van der Waals surface area contributed by atoms with Crippen LogP contribution in [0.1, 0.15) is 0 Å². The van der Waals surface area contributed by atoms with Gasteiger partial charge in [-0.15, -0.1) is 0 Å². The first-order valence-electron chi connectivity index (χ1n) is 2.79. The zero-order valence-corrected chi connectivity index (χ0v) is 8.51. The van der Waals surface area contributed by atoms with Gasteiger partial charge in [-0.05, 0) is 0 Å². The van der Waals surface area contributed by atoms with Crippen LogP contribution in [-0.4, -0.2) is 29.4 Å². The van der Waals surface area contributed by atoms with Gasteiger partial charge in [-0.25, -0.2) is 0 Å². The van der Waals surface area contributed by atoms with Crippen LogP contribution in [0.4, 0.5) is 0 Å². The van der Waals surface area contributed by atoms with Crippen molar-refractivity contribution in [3.63, 3.8) is 0 Å². The number of hydrogen-bond acceptors (Lipinski definition) is 6. The third-order valence-electron chi connectivity index (χ3n) is 0.744. The van der Waals surface area contributed by atoms with Gasteiger partial charge in [-0.2, -0.15) is 25.7 Å². The summed E-state index contributed by atoms with van der Waals surface area (Å²) in [6, 6.07) is 0. The summed E-state index contributed by atoms with van der Waals surface area (Å²) in [6.45, 7) is 1.93. The van der Waals surface area contributed by atoms with Crippen LogP contribution in [0, 0.1) is 10.2 Å². The molecule has 0 aliphatic carbocycles. The Labute approximate surface area is 87.3 Å². The topological polar surface area (TPSA) is 98.6 Å². The molecule has 0 saturated carbocycles. The Bertz CT molecular complexity index is 78.4. The Hall–Kier alpha value is 0.959. The van der Waals surface area contributed by atoms with E-state index >= 15 is 0 Å². The first kappa shape index (κ1) is 15.4. The molecule has 0 bridgehead atoms. The van der Waals surface area contributed by atoms with Crippen molar-refractivity contribution < 1.29 is 50.7 Å². The summed E-state index contributed by atoms with van der Waals surface area (Å²) in [6.07, 6.45) is 0. The normalized spacial score (nSPS) is 17.0. The molecule has 5 nitrogen and oxygen atoms in total. The van der Waals surface area contributed by atoms with Gasteiger partial charge in [0.05, 0.1) is 28.1 Å². The Morgan fingerprint density at radius 2 is 1.50 bits per heavy atom. The Kier molecular flexibility index (Phi) is 11.0. The predicted molar refractivity (Wildman–Crippen MR) is 30.4 cm³/mol. The van der Waals surface area contributed by atoms with Crippen LogP contribution in [0.15, 0.2) is 0 Å². The van der Waals surface area contributed by atoms with Crippen LogP contribution >= 0.6 is 11.8 Å². The molecule has 0 unspecified atom stereocenters. The van der Waals surface area contributed by atoms with Crippen LogP contribution in [0.5, 0.6) is 0 Å². The molecular weight excluding hydrogens is 259 g/mol. The smallest absolute Gasteiger partial charge is 0.380 e. The summed E-state index contributed by atoms with van der Waals surface area (Å²) in [5.41, 5.74) is 0. The molecule has 8 heteroatoms. The summed E-state index contributed by atoms with van der Waals surface area (Å²) in [5, 5.41) is 0. The Balaban J connectivity index is 0. The summed E-state index contributed by atoms with van der Waals surface area (Å²) in [4.78, 5) is 0. The maximum absolute atomic E-state index is 8.60. The number of thioether (sulfide) groups is 1. The summed E-state index contributed by atoms with van der Waals surface area (Å²) in [5.74, 6) is 2.39. The molecule has 0 aromatic carbocycles. The number of hydrogen-bond donors (Lipinski definition) is 1.